The zero-order valence-corrected chi connectivity index (χ0v) is 6.35. The highest BCUT2D eigenvalue weighted by atomic mass is 16.1. The molecule has 0 aliphatic heterocycles. The monoisotopic (exact) mass is 137 g/mol. The van der Waals surface area contributed by atoms with Crippen LogP contribution < -0.4 is 0 Å². The van der Waals surface area contributed by atoms with Gasteiger partial charge in [0.15, 0.2) is 0 Å². The summed E-state index contributed by atoms with van der Waals surface area (Å²) in [6.45, 7) is 10.5. The Balaban J connectivity index is 2.68. The van der Waals surface area contributed by atoms with Gasteiger partial charge < -0.3 is 4.85 Å². The summed E-state index contributed by atoms with van der Waals surface area (Å²) in [6.07, 6.45) is 1.57. The normalized spacial score (nSPS) is 20.2. The number of hydrogen-bond acceptors (Lipinski definition) is 1. The number of nitrogens with zero attached hydrogens (tertiary/aromatic N) is 1. The van der Waals surface area contributed by atoms with Crippen LogP contribution in [0.25, 0.3) is 4.85 Å². The average molecular weight is 137 g/mol. The fraction of sp³-hybridized carbons (Fsp3) is 0.750. The molecule has 0 aromatic heterocycles. The van der Waals surface area contributed by atoms with Gasteiger partial charge in [0.05, 0.1) is 0 Å². The molecule has 1 aliphatic carbocycles. The minimum atomic E-state index is -0.575. The van der Waals surface area contributed by atoms with Gasteiger partial charge in [0.25, 0.3) is 5.54 Å². The van der Waals surface area contributed by atoms with Gasteiger partial charge in [-0.1, -0.05) is 13.8 Å². The van der Waals surface area contributed by atoms with E-state index in [0.29, 0.717) is 0 Å². The second kappa shape index (κ2) is 2.09. The van der Waals surface area contributed by atoms with Crippen LogP contribution in [-0.2, 0) is 4.79 Å². The van der Waals surface area contributed by atoms with Gasteiger partial charge in [-0.3, -0.25) is 4.79 Å². The second-order valence-electron chi connectivity index (χ2n) is 3.16. The predicted octanol–water partition coefficient (Wildman–Crippen LogP) is 1.66. The smallest absolute Gasteiger partial charge is 0.290 e. The molecule has 0 aromatic carbocycles. The minimum absolute atomic E-state index is 0.0246. The molecule has 0 unspecified atom stereocenters. The maximum absolute atomic E-state index is 11.2. The number of carbonyl (C=O) groups is 1. The summed E-state index contributed by atoms with van der Waals surface area (Å²) in [6, 6.07) is 0. The van der Waals surface area contributed by atoms with E-state index in [9.17, 15) is 4.79 Å². The van der Waals surface area contributed by atoms with Crippen molar-refractivity contribution in [3.05, 3.63) is 11.4 Å². The van der Waals surface area contributed by atoms with E-state index in [1.165, 1.54) is 0 Å². The second-order valence-corrected chi connectivity index (χ2v) is 3.16. The SMILES string of the molecule is [C-]#[N+]C1(C(=O)C(C)C)CC1. The van der Waals surface area contributed by atoms with Crippen LogP contribution >= 0.6 is 0 Å². The summed E-state index contributed by atoms with van der Waals surface area (Å²) >= 11 is 0. The van der Waals surface area contributed by atoms with Crippen molar-refractivity contribution in [2.75, 3.05) is 0 Å². The standard InChI is InChI=1S/C8H11NO/c1-6(2)7(10)8(9-3)4-5-8/h6H,4-5H2,1-2H3. The molecule has 0 atom stereocenters. The highest BCUT2D eigenvalue weighted by Gasteiger charge is 2.58. The average Bonchev–Trinajstić information content (AvgIpc) is 2.66. The number of ketones is 1. The van der Waals surface area contributed by atoms with Crippen molar-refractivity contribution in [1.82, 2.24) is 0 Å². The lowest BCUT2D eigenvalue weighted by Crippen LogP contribution is -2.23. The molecule has 10 heavy (non-hydrogen) atoms. The molecule has 54 valence electrons. The van der Waals surface area contributed by atoms with Gasteiger partial charge >= 0.3 is 0 Å². The Labute approximate surface area is 61.1 Å². The maximum Gasteiger partial charge on any atom is 0.290 e. The number of hydrogen-bond donors (Lipinski definition) is 0. The van der Waals surface area contributed by atoms with Gasteiger partial charge in [-0.15, -0.1) is 0 Å². The Kier molecular flexibility index (Phi) is 1.52. The van der Waals surface area contributed by atoms with Crippen LogP contribution in [0.4, 0.5) is 0 Å². The van der Waals surface area contributed by atoms with Gasteiger partial charge in [-0.25, -0.2) is 6.57 Å². The fourth-order valence-corrected chi connectivity index (χ4v) is 1.07. The Bertz CT molecular complexity index is 196. The maximum atomic E-state index is 11.2. The van der Waals surface area contributed by atoms with Crippen LogP contribution in [-0.4, -0.2) is 11.3 Å². The minimum Gasteiger partial charge on any atom is -0.302 e. The summed E-state index contributed by atoms with van der Waals surface area (Å²) in [7, 11) is 0. The van der Waals surface area contributed by atoms with Gasteiger partial charge in [0.2, 0.25) is 5.78 Å². The first-order valence-corrected chi connectivity index (χ1v) is 3.55. The summed E-state index contributed by atoms with van der Waals surface area (Å²) in [5.74, 6) is 0.152. The van der Waals surface area contributed by atoms with Crippen molar-refractivity contribution >= 4 is 5.78 Å². The predicted molar refractivity (Wildman–Crippen MR) is 38.4 cm³/mol. The molecule has 0 aromatic rings. The molecule has 1 rings (SSSR count). The molecule has 1 fully saturated rings. The molecular weight excluding hydrogens is 126 g/mol. The third-order valence-corrected chi connectivity index (χ3v) is 1.92. The van der Waals surface area contributed by atoms with E-state index >= 15 is 0 Å². The Morgan fingerprint density at radius 1 is 1.60 bits per heavy atom. The lowest BCUT2D eigenvalue weighted by atomic mass is 10.0. The number of Topliss-reactive ketones (excluding diaryl/α,β-unsaturated/α-hetero) is 1. The number of rotatable bonds is 2. The third kappa shape index (κ3) is 0.923. The van der Waals surface area contributed by atoms with E-state index in [0.717, 1.165) is 12.8 Å². The Hall–Kier alpha value is -0.840. The van der Waals surface area contributed by atoms with Gasteiger partial charge in [0.1, 0.15) is 0 Å². The van der Waals surface area contributed by atoms with Crippen molar-refractivity contribution in [1.29, 1.82) is 0 Å². The molecule has 1 saturated carbocycles. The van der Waals surface area contributed by atoms with Crippen LogP contribution in [0.3, 0.4) is 0 Å². The van der Waals surface area contributed by atoms with Crippen molar-refractivity contribution in [2.45, 2.75) is 32.2 Å². The summed E-state index contributed by atoms with van der Waals surface area (Å²) < 4.78 is 0. The van der Waals surface area contributed by atoms with E-state index < -0.39 is 5.54 Å². The first-order chi connectivity index (χ1) is 4.62. The fourth-order valence-electron chi connectivity index (χ4n) is 1.07. The molecule has 2 nitrogen and oxygen atoms in total. The van der Waals surface area contributed by atoms with Crippen molar-refractivity contribution < 1.29 is 4.79 Å². The highest BCUT2D eigenvalue weighted by molar-refractivity contribution is 5.94. The molecule has 0 bridgehead atoms. The Morgan fingerprint density at radius 2 is 2.10 bits per heavy atom. The Morgan fingerprint density at radius 3 is 2.20 bits per heavy atom. The van der Waals surface area contributed by atoms with Crippen LogP contribution in [0.5, 0.6) is 0 Å². The quantitative estimate of drug-likeness (QED) is 0.530. The van der Waals surface area contributed by atoms with Crippen molar-refractivity contribution in [3.8, 4) is 0 Å². The summed E-state index contributed by atoms with van der Waals surface area (Å²) in [5.41, 5.74) is -0.575. The van der Waals surface area contributed by atoms with E-state index in [-0.39, 0.29) is 11.7 Å². The molecule has 0 radical (unpaired) electrons. The molecule has 0 heterocycles. The first-order valence-electron chi connectivity index (χ1n) is 3.55. The van der Waals surface area contributed by atoms with Crippen LogP contribution in [0.1, 0.15) is 26.7 Å². The summed E-state index contributed by atoms with van der Waals surface area (Å²) in [5, 5.41) is 0. The molecule has 0 saturated heterocycles. The lowest BCUT2D eigenvalue weighted by molar-refractivity contribution is -0.123. The van der Waals surface area contributed by atoms with Gasteiger partial charge in [-0.2, -0.15) is 0 Å². The van der Waals surface area contributed by atoms with Crippen molar-refractivity contribution in [2.24, 2.45) is 5.92 Å². The van der Waals surface area contributed by atoms with Crippen molar-refractivity contribution in [3.63, 3.8) is 0 Å². The van der Waals surface area contributed by atoms with Crippen LogP contribution in [0.15, 0.2) is 0 Å². The van der Waals surface area contributed by atoms with E-state index in [4.69, 9.17) is 6.57 Å². The molecule has 1 aliphatic rings. The molecular formula is C8H11NO. The summed E-state index contributed by atoms with van der Waals surface area (Å²) in [4.78, 5) is 14.6. The third-order valence-electron chi connectivity index (χ3n) is 1.92. The zero-order chi connectivity index (χ0) is 7.78. The van der Waals surface area contributed by atoms with E-state index in [1.807, 2.05) is 13.8 Å². The van der Waals surface area contributed by atoms with Gasteiger partial charge in [-0.05, 0) is 0 Å². The number of carbonyl (C=O) groups excluding carboxylic acids is 1. The molecule has 2 heteroatoms. The molecule has 0 amide bonds. The van der Waals surface area contributed by atoms with E-state index in [1.54, 1.807) is 0 Å². The first kappa shape index (κ1) is 7.27. The lowest BCUT2D eigenvalue weighted by Gasteiger charge is -2.02. The highest BCUT2D eigenvalue weighted by Crippen LogP contribution is 2.42. The van der Waals surface area contributed by atoms with E-state index in [2.05, 4.69) is 4.85 Å². The van der Waals surface area contributed by atoms with Crippen LogP contribution in [0.2, 0.25) is 0 Å². The van der Waals surface area contributed by atoms with Crippen LogP contribution in [0, 0.1) is 12.5 Å². The molecule has 0 N–H and O–H groups in total. The largest absolute Gasteiger partial charge is 0.302 e. The van der Waals surface area contributed by atoms with Gasteiger partial charge in [0, 0.05) is 18.8 Å². The zero-order valence-electron chi connectivity index (χ0n) is 6.35. The topological polar surface area (TPSA) is 21.4 Å². The molecule has 0 spiro atoms.